The molecule has 0 fully saturated rings. The molecule has 0 saturated carbocycles. The fourth-order valence-corrected chi connectivity index (χ4v) is 1.31. The van der Waals surface area contributed by atoms with Gasteiger partial charge in [0.25, 0.3) is 0 Å². The zero-order valence-electron chi connectivity index (χ0n) is 9.08. The van der Waals surface area contributed by atoms with E-state index in [4.69, 9.17) is 0 Å². The fraction of sp³-hybridized carbons (Fsp3) is 0.364. The van der Waals surface area contributed by atoms with E-state index in [9.17, 15) is 23.1 Å². The summed E-state index contributed by atoms with van der Waals surface area (Å²) in [6.45, 7) is 0. The minimum atomic E-state index is -4.38. The first kappa shape index (κ1) is 13.5. The summed E-state index contributed by atoms with van der Waals surface area (Å²) < 4.78 is 36.8. The quantitative estimate of drug-likeness (QED) is 0.847. The molecule has 94 valence electrons. The van der Waals surface area contributed by atoms with Crippen molar-refractivity contribution in [2.45, 2.75) is 18.7 Å². The predicted molar refractivity (Wildman–Crippen MR) is 55.2 cm³/mol. The lowest BCUT2D eigenvalue weighted by Crippen LogP contribution is -2.33. The number of aliphatic hydroxyl groups excluding tert-OH is 1. The first-order valence-corrected chi connectivity index (χ1v) is 4.90. The normalized spacial score (nSPS) is 13.2. The van der Waals surface area contributed by atoms with Crippen molar-refractivity contribution >= 4 is 5.91 Å². The molecule has 1 aromatic rings. The lowest BCUT2D eigenvalue weighted by Gasteiger charge is -2.10. The molecule has 0 aliphatic carbocycles. The van der Waals surface area contributed by atoms with Crippen LogP contribution < -0.4 is 5.32 Å². The van der Waals surface area contributed by atoms with Gasteiger partial charge >= 0.3 is 6.18 Å². The lowest BCUT2D eigenvalue weighted by molar-refractivity contribution is -0.137. The van der Waals surface area contributed by atoms with Crippen molar-refractivity contribution < 1.29 is 23.1 Å². The van der Waals surface area contributed by atoms with Crippen molar-refractivity contribution in [3.63, 3.8) is 0 Å². The molecule has 0 saturated heterocycles. The minimum absolute atomic E-state index is 0.0161. The summed E-state index contributed by atoms with van der Waals surface area (Å²) in [6.07, 6.45) is -5.65. The zero-order valence-corrected chi connectivity index (χ0v) is 9.08. The van der Waals surface area contributed by atoms with Crippen LogP contribution in [0.15, 0.2) is 24.3 Å². The Kier molecular flexibility index (Phi) is 4.11. The Balaban J connectivity index is 2.72. The Bertz CT molecular complexity index is 387. The van der Waals surface area contributed by atoms with E-state index in [2.05, 4.69) is 5.32 Å². The van der Waals surface area contributed by atoms with Crippen LogP contribution in [0.2, 0.25) is 0 Å². The minimum Gasteiger partial charge on any atom is -0.383 e. The van der Waals surface area contributed by atoms with Gasteiger partial charge in [0.2, 0.25) is 5.91 Å². The van der Waals surface area contributed by atoms with Crippen LogP contribution in [0.4, 0.5) is 13.2 Å². The Labute approximate surface area is 96.3 Å². The van der Waals surface area contributed by atoms with E-state index in [1.165, 1.54) is 19.2 Å². The molecule has 1 unspecified atom stereocenters. The van der Waals surface area contributed by atoms with Crippen LogP contribution in [0.3, 0.4) is 0 Å². The third-order valence-electron chi connectivity index (χ3n) is 2.26. The Morgan fingerprint density at radius 3 is 2.29 bits per heavy atom. The van der Waals surface area contributed by atoms with Gasteiger partial charge in [0.05, 0.1) is 5.56 Å². The Morgan fingerprint density at radius 1 is 1.35 bits per heavy atom. The van der Waals surface area contributed by atoms with Gasteiger partial charge in [0.1, 0.15) is 6.10 Å². The zero-order chi connectivity index (χ0) is 13.1. The maximum absolute atomic E-state index is 12.3. The van der Waals surface area contributed by atoms with E-state index >= 15 is 0 Å². The van der Waals surface area contributed by atoms with Crippen molar-refractivity contribution in [2.75, 3.05) is 7.05 Å². The third kappa shape index (κ3) is 3.74. The summed E-state index contributed by atoms with van der Waals surface area (Å²) in [5, 5.41) is 11.6. The second-order valence-electron chi connectivity index (χ2n) is 3.53. The van der Waals surface area contributed by atoms with E-state index in [1.54, 1.807) is 0 Å². The number of amides is 1. The molecule has 0 heterocycles. The van der Waals surface area contributed by atoms with Gasteiger partial charge in [-0.15, -0.1) is 0 Å². The highest BCUT2D eigenvalue weighted by atomic mass is 19.4. The van der Waals surface area contributed by atoms with Crippen LogP contribution in [-0.2, 0) is 17.4 Å². The first-order valence-electron chi connectivity index (χ1n) is 4.90. The number of carbonyl (C=O) groups excluding carboxylic acids is 1. The van der Waals surface area contributed by atoms with Gasteiger partial charge in [-0.05, 0) is 17.7 Å². The maximum Gasteiger partial charge on any atom is 0.416 e. The highest BCUT2D eigenvalue weighted by Gasteiger charge is 2.30. The number of nitrogens with one attached hydrogen (secondary N) is 1. The smallest absolute Gasteiger partial charge is 0.383 e. The highest BCUT2D eigenvalue weighted by molar-refractivity contribution is 5.80. The van der Waals surface area contributed by atoms with Gasteiger partial charge in [-0.2, -0.15) is 13.2 Å². The molecule has 1 amide bonds. The van der Waals surface area contributed by atoms with E-state index in [0.717, 1.165) is 12.1 Å². The average Bonchev–Trinajstić information content (AvgIpc) is 2.27. The van der Waals surface area contributed by atoms with Crippen molar-refractivity contribution in [3.8, 4) is 0 Å². The van der Waals surface area contributed by atoms with Gasteiger partial charge in [-0.3, -0.25) is 4.79 Å². The molecule has 6 heteroatoms. The number of carbonyl (C=O) groups is 1. The summed E-state index contributed by atoms with van der Waals surface area (Å²) >= 11 is 0. The standard InChI is InChI=1S/C11H12F3NO2/c1-15-10(17)9(16)6-7-2-4-8(5-3-7)11(12,13)14/h2-5,9,16H,6H2,1H3,(H,15,17). The Morgan fingerprint density at radius 2 is 1.88 bits per heavy atom. The molecule has 1 rings (SSSR count). The van der Waals surface area contributed by atoms with Crippen LogP contribution in [0.1, 0.15) is 11.1 Å². The largest absolute Gasteiger partial charge is 0.416 e. The number of hydrogen-bond donors (Lipinski definition) is 2. The number of rotatable bonds is 3. The molecule has 0 aromatic heterocycles. The van der Waals surface area contributed by atoms with E-state index in [-0.39, 0.29) is 6.42 Å². The molecule has 0 bridgehead atoms. The fourth-order valence-electron chi connectivity index (χ4n) is 1.31. The molecule has 0 radical (unpaired) electrons. The van der Waals surface area contributed by atoms with E-state index in [1.807, 2.05) is 0 Å². The van der Waals surface area contributed by atoms with Gasteiger partial charge in [0.15, 0.2) is 0 Å². The van der Waals surface area contributed by atoms with Crippen molar-refractivity contribution in [3.05, 3.63) is 35.4 Å². The van der Waals surface area contributed by atoms with Gasteiger partial charge in [-0.25, -0.2) is 0 Å². The number of benzene rings is 1. The molecule has 17 heavy (non-hydrogen) atoms. The summed E-state index contributed by atoms with van der Waals surface area (Å²) in [7, 11) is 1.37. The number of hydrogen-bond acceptors (Lipinski definition) is 2. The lowest BCUT2D eigenvalue weighted by atomic mass is 10.1. The topological polar surface area (TPSA) is 49.3 Å². The maximum atomic E-state index is 12.3. The predicted octanol–water partition coefficient (Wildman–Crippen LogP) is 1.35. The van der Waals surface area contributed by atoms with Crippen LogP contribution in [-0.4, -0.2) is 24.2 Å². The number of likely N-dealkylation sites (N-methyl/N-ethyl adjacent to an activating group) is 1. The second kappa shape index (κ2) is 5.18. The summed E-state index contributed by atoms with van der Waals surface area (Å²) in [4.78, 5) is 11.0. The van der Waals surface area contributed by atoms with Crippen LogP contribution in [0, 0.1) is 0 Å². The van der Waals surface area contributed by atoms with Gasteiger partial charge < -0.3 is 10.4 Å². The van der Waals surface area contributed by atoms with Crippen molar-refractivity contribution in [1.29, 1.82) is 0 Å². The number of halogens is 3. The molecule has 0 spiro atoms. The second-order valence-corrected chi connectivity index (χ2v) is 3.53. The van der Waals surface area contributed by atoms with Crippen molar-refractivity contribution in [2.24, 2.45) is 0 Å². The van der Waals surface area contributed by atoms with Crippen molar-refractivity contribution in [1.82, 2.24) is 5.32 Å². The van der Waals surface area contributed by atoms with Crippen LogP contribution >= 0.6 is 0 Å². The van der Waals surface area contributed by atoms with E-state index in [0.29, 0.717) is 5.56 Å². The molecule has 3 nitrogen and oxygen atoms in total. The third-order valence-corrected chi connectivity index (χ3v) is 2.26. The molecule has 0 aliphatic heterocycles. The van der Waals surface area contributed by atoms with Gasteiger partial charge in [0, 0.05) is 13.5 Å². The highest BCUT2D eigenvalue weighted by Crippen LogP contribution is 2.29. The SMILES string of the molecule is CNC(=O)C(O)Cc1ccc(C(F)(F)F)cc1. The molecule has 1 atom stereocenters. The molecule has 0 aliphatic rings. The number of aliphatic hydroxyl groups is 1. The number of alkyl halides is 3. The monoisotopic (exact) mass is 247 g/mol. The average molecular weight is 247 g/mol. The molecular weight excluding hydrogens is 235 g/mol. The molecule has 2 N–H and O–H groups in total. The first-order chi connectivity index (χ1) is 7.84. The Hall–Kier alpha value is -1.56. The molecular formula is C11H12F3NO2. The van der Waals surface area contributed by atoms with Crippen LogP contribution in [0.25, 0.3) is 0 Å². The van der Waals surface area contributed by atoms with E-state index < -0.39 is 23.8 Å². The van der Waals surface area contributed by atoms with Crippen LogP contribution in [0.5, 0.6) is 0 Å². The summed E-state index contributed by atoms with van der Waals surface area (Å²) in [6, 6.07) is 4.34. The molecule has 1 aromatic carbocycles. The summed E-state index contributed by atoms with van der Waals surface area (Å²) in [5.41, 5.74) is -0.287. The summed E-state index contributed by atoms with van der Waals surface area (Å²) in [5.74, 6) is -0.565. The van der Waals surface area contributed by atoms with Gasteiger partial charge in [-0.1, -0.05) is 12.1 Å².